The summed E-state index contributed by atoms with van der Waals surface area (Å²) in [6.45, 7) is 4.87. The van der Waals surface area contributed by atoms with Crippen LogP contribution in [0.25, 0.3) is 0 Å². The molecule has 23 heavy (non-hydrogen) atoms. The fraction of sp³-hybridized carbons (Fsp3) is 0.706. The van der Waals surface area contributed by atoms with Crippen molar-refractivity contribution >= 4 is 12.0 Å². The van der Waals surface area contributed by atoms with Crippen LogP contribution in [0.15, 0.2) is 17.6 Å². The third-order valence-electron chi connectivity index (χ3n) is 3.40. The van der Waals surface area contributed by atoms with E-state index >= 15 is 0 Å². The van der Waals surface area contributed by atoms with Crippen molar-refractivity contribution in [1.29, 1.82) is 5.26 Å². The number of rotatable bonds is 15. The molecular formula is C17H26N2O4. The molecule has 0 fully saturated rings. The van der Waals surface area contributed by atoms with Gasteiger partial charge in [0.2, 0.25) is 6.08 Å². The molecular weight excluding hydrogens is 296 g/mol. The maximum absolute atomic E-state index is 11.5. The number of esters is 1. The molecule has 0 saturated heterocycles. The molecule has 0 amide bonds. The maximum atomic E-state index is 11.5. The molecule has 0 aliphatic rings. The Hall–Kier alpha value is -2.12. The van der Waals surface area contributed by atoms with Gasteiger partial charge >= 0.3 is 5.97 Å². The summed E-state index contributed by atoms with van der Waals surface area (Å²) in [7, 11) is 0. The van der Waals surface area contributed by atoms with Gasteiger partial charge in [-0.05, 0) is 44.4 Å². The van der Waals surface area contributed by atoms with Gasteiger partial charge in [-0.3, -0.25) is 4.79 Å². The lowest BCUT2D eigenvalue weighted by Crippen LogP contribution is -2.08. The Morgan fingerprint density at radius 3 is 2.70 bits per heavy atom. The largest absolute Gasteiger partial charge is 0.466 e. The molecule has 6 heteroatoms. The van der Waals surface area contributed by atoms with Crippen LogP contribution in [0.4, 0.5) is 0 Å². The molecule has 0 rings (SSSR count). The molecule has 0 spiro atoms. The van der Waals surface area contributed by atoms with E-state index in [1.54, 1.807) is 18.4 Å². The van der Waals surface area contributed by atoms with Gasteiger partial charge in [0.15, 0.2) is 0 Å². The molecule has 0 aromatic heterocycles. The summed E-state index contributed by atoms with van der Waals surface area (Å²) in [5, 5.41) is 8.30. The lowest BCUT2D eigenvalue weighted by molar-refractivity contribution is -0.143. The topological polar surface area (TPSA) is 88.8 Å². The van der Waals surface area contributed by atoms with Gasteiger partial charge < -0.3 is 9.47 Å². The van der Waals surface area contributed by atoms with Gasteiger partial charge in [0.25, 0.3) is 6.26 Å². The fourth-order valence-electron chi connectivity index (χ4n) is 2.17. The van der Waals surface area contributed by atoms with Crippen LogP contribution in [0.3, 0.4) is 0 Å². The average molecular weight is 322 g/mol. The van der Waals surface area contributed by atoms with E-state index in [1.165, 1.54) is 0 Å². The van der Waals surface area contributed by atoms with E-state index < -0.39 is 0 Å². The normalized spacial score (nSPS) is 10.9. The van der Waals surface area contributed by atoms with Crippen LogP contribution >= 0.6 is 0 Å². The smallest absolute Gasteiger partial charge is 0.305 e. The van der Waals surface area contributed by atoms with Crippen molar-refractivity contribution in [2.75, 3.05) is 19.8 Å². The number of hydrogen-bond acceptors (Lipinski definition) is 6. The van der Waals surface area contributed by atoms with Crippen molar-refractivity contribution in [1.82, 2.24) is 0 Å². The second-order valence-corrected chi connectivity index (χ2v) is 5.28. The minimum Gasteiger partial charge on any atom is -0.466 e. The summed E-state index contributed by atoms with van der Waals surface area (Å²) in [6, 6.07) is 0. The highest BCUT2D eigenvalue weighted by molar-refractivity contribution is 5.69. The Morgan fingerprint density at radius 2 is 2.00 bits per heavy atom. The van der Waals surface area contributed by atoms with Crippen molar-refractivity contribution in [2.24, 2.45) is 10.9 Å². The van der Waals surface area contributed by atoms with Crippen LogP contribution in [-0.4, -0.2) is 31.8 Å². The zero-order valence-electron chi connectivity index (χ0n) is 13.7. The lowest BCUT2D eigenvalue weighted by atomic mass is 9.96. The average Bonchev–Trinajstić information content (AvgIpc) is 2.56. The number of unbranched alkanes of at least 4 members (excludes halogenated alkanes) is 2. The second-order valence-electron chi connectivity index (χ2n) is 5.28. The lowest BCUT2D eigenvalue weighted by Gasteiger charge is -2.13. The Balaban J connectivity index is 3.79. The Morgan fingerprint density at radius 1 is 1.22 bits per heavy atom. The molecule has 0 aromatic carbocycles. The number of ether oxygens (including phenoxy) is 2. The molecule has 0 aliphatic carbocycles. The van der Waals surface area contributed by atoms with Crippen LogP contribution in [0, 0.1) is 17.4 Å². The summed E-state index contributed by atoms with van der Waals surface area (Å²) < 4.78 is 9.73. The molecule has 0 aliphatic heterocycles. The number of hydrogen-bond donors (Lipinski definition) is 0. The fourth-order valence-corrected chi connectivity index (χ4v) is 2.17. The molecule has 6 nitrogen and oxygen atoms in total. The number of nitriles is 1. The van der Waals surface area contributed by atoms with Crippen molar-refractivity contribution in [2.45, 2.75) is 51.4 Å². The zero-order valence-corrected chi connectivity index (χ0v) is 13.7. The molecule has 0 N–H and O–H groups in total. The molecule has 1 atom stereocenters. The SMILES string of the molecule is C=CCCCOC(=O)CCCCC(CCCOC#N)CN=C=O. The summed E-state index contributed by atoms with van der Waals surface area (Å²) in [5.41, 5.74) is 0. The van der Waals surface area contributed by atoms with Gasteiger partial charge in [-0.15, -0.1) is 6.58 Å². The third kappa shape index (κ3) is 14.6. The van der Waals surface area contributed by atoms with E-state index in [1.807, 2.05) is 0 Å². The number of allylic oxidation sites excluding steroid dienone is 1. The molecule has 1 unspecified atom stereocenters. The Labute approximate surface area is 138 Å². The molecule has 0 saturated carbocycles. The van der Waals surface area contributed by atoms with Crippen LogP contribution in [0.2, 0.25) is 0 Å². The number of carbonyl (C=O) groups excluding carboxylic acids is 2. The van der Waals surface area contributed by atoms with E-state index in [9.17, 15) is 9.59 Å². The van der Waals surface area contributed by atoms with E-state index in [2.05, 4.69) is 16.3 Å². The highest BCUT2D eigenvalue weighted by atomic mass is 16.5. The van der Waals surface area contributed by atoms with Gasteiger partial charge in [-0.25, -0.2) is 9.79 Å². The Kier molecular flexibility index (Phi) is 14.8. The summed E-state index contributed by atoms with van der Waals surface area (Å²) in [6.07, 6.45) is 11.2. The van der Waals surface area contributed by atoms with E-state index in [-0.39, 0.29) is 11.9 Å². The van der Waals surface area contributed by atoms with Crippen LogP contribution in [0.5, 0.6) is 0 Å². The predicted molar refractivity (Wildman–Crippen MR) is 86.1 cm³/mol. The number of carbonyl (C=O) groups is 1. The summed E-state index contributed by atoms with van der Waals surface area (Å²) in [4.78, 5) is 25.4. The van der Waals surface area contributed by atoms with Gasteiger partial charge in [-0.2, -0.15) is 5.26 Å². The zero-order chi connectivity index (χ0) is 17.2. The number of nitrogens with zero attached hydrogens (tertiary/aromatic N) is 2. The molecule has 0 heterocycles. The first kappa shape index (κ1) is 20.9. The standard InChI is InChI=1S/C17H26N2O4/c1-2-3-6-12-23-17(21)10-5-4-8-16(13-19-15-20)9-7-11-22-14-18/h2,16H,1,3-13H2. The maximum Gasteiger partial charge on any atom is 0.305 e. The van der Waals surface area contributed by atoms with Gasteiger partial charge in [0, 0.05) is 6.42 Å². The minimum atomic E-state index is -0.168. The molecule has 0 bridgehead atoms. The van der Waals surface area contributed by atoms with Crippen LogP contribution in [-0.2, 0) is 19.1 Å². The van der Waals surface area contributed by atoms with Crippen LogP contribution < -0.4 is 0 Å². The number of aliphatic imine (C=N–C) groups is 1. The summed E-state index contributed by atoms with van der Waals surface area (Å²) in [5.74, 6) is 0.0845. The van der Waals surface area contributed by atoms with E-state index in [0.717, 1.165) is 44.9 Å². The van der Waals surface area contributed by atoms with Gasteiger partial charge in [-0.1, -0.05) is 12.5 Å². The highest BCUT2D eigenvalue weighted by Gasteiger charge is 2.09. The minimum absolute atomic E-state index is 0.168. The first-order valence-corrected chi connectivity index (χ1v) is 8.05. The molecule has 128 valence electrons. The number of isocyanates is 1. The Bertz CT molecular complexity index is 411. The third-order valence-corrected chi connectivity index (χ3v) is 3.40. The second kappa shape index (κ2) is 16.3. The van der Waals surface area contributed by atoms with Crippen molar-refractivity contribution in [3.8, 4) is 6.26 Å². The first-order chi connectivity index (χ1) is 11.2. The van der Waals surface area contributed by atoms with E-state index in [4.69, 9.17) is 10.00 Å². The predicted octanol–water partition coefficient (Wildman–Crippen LogP) is 3.29. The summed E-state index contributed by atoms with van der Waals surface area (Å²) >= 11 is 0. The van der Waals surface area contributed by atoms with Crippen molar-refractivity contribution in [3.63, 3.8) is 0 Å². The van der Waals surface area contributed by atoms with Crippen molar-refractivity contribution < 1.29 is 19.1 Å². The van der Waals surface area contributed by atoms with Crippen molar-refractivity contribution in [3.05, 3.63) is 12.7 Å². The molecule has 0 aromatic rings. The van der Waals surface area contributed by atoms with E-state index in [0.29, 0.717) is 26.2 Å². The highest BCUT2D eigenvalue weighted by Crippen LogP contribution is 2.16. The van der Waals surface area contributed by atoms with Crippen LogP contribution in [0.1, 0.15) is 51.4 Å². The van der Waals surface area contributed by atoms with Gasteiger partial charge in [0.05, 0.1) is 13.2 Å². The first-order valence-electron chi connectivity index (χ1n) is 8.05. The monoisotopic (exact) mass is 322 g/mol. The van der Waals surface area contributed by atoms with Gasteiger partial charge in [0.1, 0.15) is 6.61 Å². The quantitative estimate of drug-likeness (QED) is 0.115. The molecule has 0 radical (unpaired) electrons.